The molecule has 1 amide bonds. The zero-order chi connectivity index (χ0) is 11.3. The van der Waals surface area contributed by atoms with Crippen molar-refractivity contribution in [2.75, 3.05) is 13.2 Å². The van der Waals surface area contributed by atoms with E-state index in [1.54, 1.807) is 0 Å². The molecule has 3 N–H and O–H groups in total. The SMILES string of the molecule is CC(C)OCC(=O)NC1(CN)CCCC1. The van der Waals surface area contributed by atoms with Gasteiger partial charge in [-0.2, -0.15) is 0 Å². The van der Waals surface area contributed by atoms with E-state index in [0.717, 1.165) is 25.7 Å². The number of rotatable bonds is 5. The number of nitrogens with two attached hydrogens (primary N) is 1. The molecule has 4 heteroatoms. The number of carbonyl (C=O) groups excluding carboxylic acids is 1. The Balaban J connectivity index is 2.35. The van der Waals surface area contributed by atoms with Gasteiger partial charge in [0, 0.05) is 6.54 Å². The quantitative estimate of drug-likeness (QED) is 0.711. The molecule has 0 radical (unpaired) electrons. The maximum atomic E-state index is 11.6. The number of carbonyl (C=O) groups is 1. The molecule has 0 saturated heterocycles. The second kappa shape index (κ2) is 5.47. The highest BCUT2D eigenvalue weighted by molar-refractivity contribution is 5.78. The monoisotopic (exact) mass is 214 g/mol. The molecule has 0 aliphatic heterocycles. The van der Waals surface area contributed by atoms with Crippen LogP contribution in [0.15, 0.2) is 0 Å². The molecule has 1 aliphatic carbocycles. The summed E-state index contributed by atoms with van der Waals surface area (Å²) in [5, 5.41) is 3.01. The van der Waals surface area contributed by atoms with Gasteiger partial charge < -0.3 is 15.8 Å². The summed E-state index contributed by atoms with van der Waals surface area (Å²) in [6.45, 7) is 4.50. The second-order valence-corrected chi connectivity index (χ2v) is 4.60. The molecule has 15 heavy (non-hydrogen) atoms. The van der Waals surface area contributed by atoms with Gasteiger partial charge in [0.15, 0.2) is 0 Å². The Labute approximate surface area is 91.5 Å². The highest BCUT2D eigenvalue weighted by Gasteiger charge is 2.33. The summed E-state index contributed by atoms with van der Waals surface area (Å²) >= 11 is 0. The summed E-state index contributed by atoms with van der Waals surface area (Å²) in [6.07, 6.45) is 4.40. The van der Waals surface area contributed by atoms with Gasteiger partial charge in [-0.05, 0) is 26.7 Å². The van der Waals surface area contributed by atoms with E-state index in [1.165, 1.54) is 0 Å². The molecule has 1 aliphatic rings. The number of hydrogen-bond acceptors (Lipinski definition) is 3. The maximum absolute atomic E-state index is 11.6. The Kier molecular flexibility index (Phi) is 4.54. The lowest BCUT2D eigenvalue weighted by Crippen LogP contribution is -2.52. The smallest absolute Gasteiger partial charge is 0.246 e. The number of hydrogen-bond donors (Lipinski definition) is 2. The molecule has 0 spiro atoms. The maximum Gasteiger partial charge on any atom is 0.246 e. The zero-order valence-corrected chi connectivity index (χ0v) is 9.71. The molecule has 1 saturated carbocycles. The van der Waals surface area contributed by atoms with Crippen molar-refractivity contribution in [2.24, 2.45) is 5.73 Å². The molecule has 0 aromatic heterocycles. The summed E-state index contributed by atoms with van der Waals surface area (Å²) in [5.41, 5.74) is 5.56. The largest absolute Gasteiger partial charge is 0.369 e. The van der Waals surface area contributed by atoms with Crippen LogP contribution in [0.5, 0.6) is 0 Å². The Hall–Kier alpha value is -0.610. The summed E-state index contributed by atoms with van der Waals surface area (Å²) in [7, 11) is 0. The molecule has 0 unspecified atom stereocenters. The van der Waals surface area contributed by atoms with Crippen LogP contribution in [0.2, 0.25) is 0 Å². The van der Waals surface area contributed by atoms with E-state index in [9.17, 15) is 4.79 Å². The summed E-state index contributed by atoms with van der Waals surface area (Å²) in [5.74, 6) is -0.0453. The average Bonchev–Trinajstić information content (AvgIpc) is 2.64. The predicted octanol–water partition coefficient (Wildman–Crippen LogP) is 0.799. The molecule has 0 atom stereocenters. The lowest BCUT2D eigenvalue weighted by Gasteiger charge is -2.28. The molecule has 0 aromatic rings. The Morgan fingerprint density at radius 3 is 2.53 bits per heavy atom. The molecular weight excluding hydrogens is 192 g/mol. The van der Waals surface area contributed by atoms with Crippen LogP contribution in [-0.2, 0) is 9.53 Å². The summed E-state index contributed by atoms with van der Waals surface area (Å²) < 4.78 is 5.25. The van der Waals surface area contributed by atoms with Gasteiger partial charge in [-0.1, -0.05) is 12.8 Å². The van der Waals surface area contributed by atoms with Gasteiger partial charge in [0.1, 0.15) is 6.61 Å². The van der Waals surface area contributed by atoms with Crippen LogP contribution in [-0.4, -0.2) is 30.7 Å². The van der Waals surface area contributed by atoms with Crippen LogP contribution >= 0.6 is 0 Å². The van der Waals surface area contributed by atoms with Crippen LogP contribution in [0.1, 0.15) is 39.5 Å². The molecule has 1 fully saturated rings. The van der Waals surface area contributed by atoms with E-state index >= 15 is 0 Å². The topological polar surface area (TPSA) is 64.3 Å². The summed E-state index contributed by atoms with van der Waals surface area (Å²) in [6, 6.07) is 0. The van der Waals surface area contributed by atoms with Crippen molar-refractivity contribution in [3.8, 4) is 0 Å². The average molecular weight is 214 g/mol. The van der Waals surface area contributed by atoms with Crippen LogP contribution < -0.4 is 11.1 Å². The van der Waals surface area contributed by atoms with Gasteiger partial charge in [-0.25, -0.2) is 0 Å². The fraction of sp³-hybridized carbons (Fsp3) is 0.909. The van der Waals surface area contributed by atoms with Crippen molar-refractivity contribution in [1.29, 1.82) is 0 Å². The molecule has 0 heterocycles. The molecule has 0 bridgehead atoms. The van der Waals surface area contributed by atoms with E-state index < -0.39 is 0 Å². The Morgan fingerprint density at radius 1 is 1.47 bits per heavy atom. The standard InChI is InChI=1S/C11H22N2O2/c1-9(2)15-7-10(14)13-11(8-12)5-3-4-6-11/h9H,3-8,12H2,1-2H3,(H,13,14). The van der Waals surface area contributed by atoms with Crippen molar-refractivity contribution in [3.05, 3.63) is 0 Å². The van der Waals surface area contributed by atoms with E-state index in [-0.39, 0.29) is 24.2 Å². The van der Waals surface area contributed by atoms with Crippen LogP contribution in [0, 0.1) is 0 Å². The first-order valence-corrected chi connectivity index (χ1v) is 5.71. The van der Waals surface area contributed by atoms with Gasteiger partial charge in [0.2, 0.25) is 5.91 Å². The van der Waals surface area contributed by atoms with Gasteiger partial charge in [-0.15, -0.1) is 0 Å². The third-order valence-electron chi connectivity index (χ3n) is 2.90. The number of amides is 1. The van der Waals surface area contributed by atoms with Crippen molar-refractivity contribution in [3.63, 3.8) is 0 Å². The Morgan fingerprint density at radius 2 is 2.07 bits per heavy atom. The highest BCUT2D eigenvalue weighted by atomic mass is 16.5. The fourth-order valence-electron chi connectivity index (χ4n) is 2.01. The Bertz CT molecular complexity index is 211. The lowest BCUT2D eigenvalue weighted by atomic mass is 9.98. The van der Waals surface area contributed by atoms with Crippen molar-refractivity contribution >= 4 is 5.91 Å². The minimum absolute atomic E-state index is 0.0453. The minimum Gasteiger partial charge on any atom is -0.369 e. The molecule has 4 nitrogen and oxygen atoms in total. The van der Waals surface area contributed by atoms with E-state index in [2.05, 4.69) is 5.32 Å². The predicted molar refractivity (Wildman–Crippen MR) is 59.5 cm³/mol. The first-order chi connectivity index (χ1) is 7.08. The molecule has 88 valence electrons. The first kappa shape index (κ1) is 12.5. The van der Waals surface area contributed by atoms with Gasteiger partial charge in [0.25, 0.3) is 0 Å². The van der Waals surface area contributed by atoms with Crippen molar-refractivity contribution in [1.82, 2.24) is 5.32 Å². The molecular formula is C11H22N2O2. The van der Waals surface area contributed by atoms with Gasteiger partial charge in [0.05, 0.1) is 11.6 Å². The van der Waals surface area contributed by atoms with Crippen LogP contribution in [0.3, 0.4) is 0 Å². The fourth-order valence-corrected chi connectivity index (χ4v) is 2.01. The first-order valence-electron chi connectivity index (χ1n) is 5.71. The van der Waals surface area contributed by atoms with E-state index in [0.29, 0.717) is 6.54 Å². The van der Waals surface area contributed by atoms with E-state index in [4.69, 9.17) is 10.5 Å². The molecule has 0 aromatic carbocycles. The van der Waals surface area contributed by atoms with Crippen molar-refractivity contribution < 1.29 is 9.53 Å². The lowest BCUT2D eigenvalue weighted by molar-refractivity contribution is -0.128. The molecule has 1 rings (SSSR count). The van der Waals surface area contributed by atoms with Crippen LogP contribution in [0.4, 0.5) is 0 Å². The third-order valence-corrected chi connectivity index (χ3v) is 2.90. The third kappa shape index (κ3) is 3.80. The van der Waals surface area contributed by atoms with Gasteiger partial charge >= 0.3 is 0 Å². The van der Waals surface area contributed by atoms with Gasteiger partial charge in [-0.3, -0.25) is 4.79 Å². The number of ether oxygens (including phenoxy) is 1. The number of nitrogens with one attached hydrogen (secondary N) is 1. The highest BCUT2D eigenvalue weighted by Crippen LogP contribution is 2.28. The van der Waals surface area contributed by atoms with Crippen LogP contribution in [0.25, 0.3) is 0 Å². The van der Waals surface area contributed by atoms with Crippen molar-refractivity contribution in [2.45, 2.75) is 51.2 Å². The second-order valence-electron chi connectivity index (χ2n) is 4.60. The zero-order valence-electron chi connectivity index (χ0n) is 9.71. The van der Waals surface area contributed by atoms with E-state index in [1.807, 2.05) is 13.8 Å². The normalized spacial score (nSPS) is 19.5. The summed E-state index contributed by atoms with van der Waals surface area (Å²) in [4.78, 5) is 11.6. The minimum atomic E-state index is -0.155.